The lowest BCUT2D eigenvalue weighted by Crippen LogP contribution is -2.32. The molecule has 2 unspecified atom stereocenters. The number of rotatable bonds is 6. The van der Waals surface area contributed by atoms with Gasteiger partial charge in [0.1, 0.15) is 5.69 Å². The number of carbonyl (C=O) groups excluding carboxylic acids is 1. The number of hydrogen-bond donors (Lipinski definition) is 2. The van der Waals surface area contributed by atoms with Crippen LogP contribution in [-0.4, -0.2) is 43.0 Å². The smallest absolute Gasteiger partial charge is 0.272 e. The van der Waals surface area contributed by atoms with Gasteiger partial charge in [0.05, 0.1) is 26.3 Å². The molecule has 1 fully saturated rings. The largest absolute Gasteiger partial charge is 0.493 e. The van der Waals surface area contributed by atoms with Crippen LogP contribution in [0, 0.1) is 0 Å². The number of nitrogens with zero attached hydrogens (tertiary/aromatic N) is 2. The molecule has 2 N–H and O–H groups in total. The lowest BCUT2D eigenvalue weighted by Gasteiger charge is -2.22. The fourth-order valence-corrected chi connectivity index (χ4v) is 3.20. The maximum absolute atomic E-state index is 12.5. The fraction of sp³-hybridized carbons (Fsp3) is 0.474. The van der Waals surface area contributed by atoms with Gasteiger partial charge in [-0.15, -0.1) is 0 Å². The molecule has 0 aliphatic carbocycles. The maximum atomic E-state index is 12.5. The minimum Gasteiger partial charge on any atom is -0.493 e. The van der Waals surface area contributed by atoms with E-state index in [-0.39, 0.29) is 11.9 Å². The molecule has 0 spiro atoms. The third-order valence-corrected chi connectivity index (χ3v) is 4.74. The van der Waals surface area contributed by atoms with Gasteiger partial charge in [0.25, 0.3) is 5.91 Å². The predicted octanol–water partition coefficient (Wildman–Crippen LogP) is 2.32. The first-order chi connectivity index (χ1) is 12.6. The molecule has 2 aromatic rings. The van der Waals surface area contributed by atoms with Crippen LogP contribution in [0.5, 0.6) is 11.5 Å². The minimum absolute atomic E-state index is 0.177. The molecule has 1 saturated heterocycles. The summed E-state index contributed by atoms with van der Waals surface area (Å²) in [6.45, 7) is 3.87. The molecule has 0 saturated carbocycles. The van der Waals surface area contributed by atoms with Crippen molar-refractivity contribution in [3.05, 3.63) is 41.7 Å². The SMILES string of the molecule is COc1ccc(C(C)NC(=O)c2ccn(C3CCCNC3)n2)cc1OC. The molecular formula is C19H26N4O3. The van der Waals surface area contributed by atoms with E-state index >= 15 is 0 Å². The summed E-state index contributed by atoms with van der Waals surface area (Å²) < 4.78 is 12.5. The number of aromatic nitrogens is 2. The van der Waals surface area contributed by atoms with Gasteiger partial charge in [-0.25, -0.2) is 0 Å². The van der Waals surface area contributed by atoms with E-state index in [9.17, 15) is 4.79 Å². The molecule has 1 aromatic heterocycles. The van der Waals surface area contributed by atoms with Gasteiger partial charge in [-0.05, 0) is 50.1 Å². The summed E-state index contributed by atoms with van der Waals surface area (Å²) in [4.78, 5) is 12.5. The zero-order valence-corrected chi connectivity index (χ0v) is 15.5. The van der Waals surface area contributed by atoms with E-state index in [0.717, 1.165) is 31.5 Å². The predicted molar refractivity (Wildman–Crippen MR) is 98.8 cm³/mol. The summed E-state index contributed by atoms with van der Waals surface area (Å²) in [7, 11) is 3.19. The molecule has 1 amide bonds. The van der Waals surface area contributed by atoms with Crippen molar-refractivity contribution in [1.29, 1.82) is 0 Å². The van der Waals surface area contributed by atoms with Crippen LogP contribution in [0.4, 0.5) is 0 Å². The number of nitrogens with one attached hydrogen (secondary N) is 2. The summed E-state index contributed by atoms with van der Waals surface area (Å²) in [5, 5.41) is 10.8. The third kappa shape index (κ3) is 3.99. The second kappa shape index (κ2) is 8.23. The van der Waals surface area contributed by atoms with Crippen LogP contribution in [-0.2, 0) is 0 Å². The van der Waals surface area contributed by atoms with Crippen molar-refractivity contribution in [2.45, 2.75) is 31.8 Å². The molecule has 2 heterocycles. The molecule has 0 radical (unpaired) electrons. The van der Waals surface area contributed by atoms with Crippen molar-refractivity contribution in [2.75, 3.05) is 27.3 Å². The molecule has 1 aliphatic heterocycles. The van der Waals surface area contributed by atoms with Crippen LogP contribution in [0.2, 0.25) is 0 Å². The average molecular weight is 358 g/mol. The van der Waals surface area contributed by atoms with Gasteiger partial charge in [-0.3, -0.25) is 9.48 Å². The average Bonchev–Trinajstić information content (AvgIpc) is 3.18. The molecule has 7 heteroatoms. The number of methoxy groups -OCH3 is 2. The van der Waals surface area contributed by atoms with Gasteiger partial charge in [-0.1, -0.05) is 6.07 Å². The fourth-order valence-electron chi connectivity index (χ4n) is 3.20. The highest BCUT2D eigenvalue weighted by Gasteiger charge is 2.19. The maximum Gasteiger partial charge on any atom is 0.272 e. The van der Waals surface area contributed by atoms with Crippen LogP contribution < -0.4 is 20.1 Å². The number of hydrogen-bond acceptors (Lipinski definition) is 5. The molecule has 0 bridgehead atoms. The normalized spacial score (nSPS) is 18.2. The van der Waals surface area contributed by atoms with Crippen molar-refractivity contribution < 1.29 is 14.3 Å². The number of amides is 1. The molecule has 1 aromatic carbocycles. The van der Waals surface area contributed by atoms with E-state index in [0.29, 0.717) is 23.2 Å². The Labute approximate surface area is 153 Å². The quantitative estimate of drug-likeness (QED) is 0.829. The Morgan fingerprint density at radius 3 is 2.81 bits per heavy atom. The highest BCUT2D eigenvalue weighted by molar-refractivity contribution is 5.92. The Bertz CT molecular complexity index is 753. The monoisotopic (exact) mass is 358 g/mol. The number of ether oxygens (including phenoxy) is 2. The Morgan fingerprint density at radius 1 is 1.31 bits per heavy atom. The van der Waals surface area contributed by atoms with E-state index in [1.54, 1.807) is 20.3 Å². The van der Waals surface area contributed by atoms with Crippen LogP contribution >= 0.6 is 0 Å². The highest BCUT2D eigenvalue weighted by Crippen LogP contribution is 2.30. The first-order valence-corrected chi connectivity index (χ1v) is 8.91. The van der Waals surface area contributed by atoms with Gasteiger partial charge in [-0.2, -0.15) is 5.10 Å². The lowest BCUT2D eigenvalue weighted by atomic mass is 10.1. The Morgan fingerprint density at radius 2 is 2.12 bits per heavy atom. The molecule has 1 aliphatic rings. The van der Waals surface area contributed by atoms with Crippen molar-refractivity contribution in [2.24, 2.45) is 0 Å². The van der Waals surface area contributed by atoms with Crippen molar-refractivity contribution >= 4 is 5.91 Å². The Balaban J connectivity index is 1.66. The van der Waals surface area contributed by atoms with Crippen molar-refractivity contribution in [3.8, 4) is 11.5 Å². The number of benzene rings is 1. The van der Waals surface area contributed by atoms with E-state index in [1.165, 1.54) is 0 Å². The second-order valence-electron chi connectivity index (χ2n) is 6.49. The molecule has 26 heavy (non-hydrogen) atoms. The van der Waals surface area contributed by atoms with Gasteiger partial charge in [0.2, 0.25) is 0 Å². The molecule has 7 nitrogen and oxygen atoms in total. The molecule has 3 rings (SSSR count). The summed E-state index contributed by atoms with van der Waals surface area (Å²) in [5.74, 6) is 1.12. The lowest BCUT2D eigenvalue weighted by molar-refractivity contribution is 0.0933. The minimum atomic E-state index is -0.185. The molecule has 140 valence electrons. The summed E-state index contributed by atoms with van der Waals surface area (Å²) in [5.41, 5.74) is 1.37. The van der Waals surface area contributed by atoms with Crippen LogP contribution in [0.25, 0.3) is 0 Å². The van der Waals surface area contributed by atoms with Crippen molar-refractivity contribution in [3.63, 3.8) is 0 Å². The van der Waals surface area contributed by atoms with Gasteiger partial charge >= 0.3 is 0 Å². The standard InChI is InChI=1S/C19H26N4O3/c1-13(14-6-7-17(25-2)18(11-14)26-3)21-19(24)16-8-10-23(22-16)15-5-4-9-20-12-15/h6-8,10-11,13,15,20H,4-5,9,12H2,1-3H3,(H,21,24). The van der Waals surface area contributed by atoms with Gasteiger partial charge < -0.3 is 20.1 Å². The second-order valence-corrected chi connectivity index (χ2v) is 6.49. The number of carbonyl (C=O) groups is 1. The summed E-state index contributed by atoms with van der Waals surface area (Å²) in [6.07, 6.45) is 4.09. The summed E-state index contributed by atoms with van der Waals surface area (Å²) in [6, 6.07) is 7.53. The Kier molecular flexibility index (Phi) is 5.78. The topological polar surface area (TPSA) is 77.4 Å². The summed E-state index contributed by atoms with van der Waals surface area (Å²) >= 11 is 0. The third-order valence-electron chi connectivity index (χ3n) is 4.74. The van der Waals surface area contributed by atoms with E-state index < -0.39 is 0 Å². The number of piperidine rings is 1. The van der Waals surface area contributed by atoms with E-state index in [4.69, 9.17) is 9.47 Å². The first-order valence-electron chi connectivity index (χ1n) is 8.91. The Hall–Kier alpha value is -2.54. The van der Waals surface area contributed by atoms with E-state index in [1.807, 2.05) is 36.0 Å². The molecular weight excluding hydrogens is 332 g/mol. The van der Waals surface area contributed by atoms with Crippen LogP contribution in [0.3, 0.4) is 0 Å². The van der Waals surface area contributed by atoms with Gasteiger partial charge in [0, 0.05) is 12.7 Å². The first kappa shape index (κ1) is 18.3. The van der Waals surface area contributed by atoms with Crippen LogP contribution in [0.1, 0.15) is 47.9 Å². The van der Waals surface area contributed by atoms with E-state index in [2.05, 4.69) is 15.7 Å². The van der Waals surface area contributed by atoms with Crippen molar-refractivity contribution in [1.82, 2.24) is 20.4 Å². The highest BCUT2D eigenvalue weighted by atomic mass is 16.5. The zero-order valence-electron chi connectivity index (χ0n) is 15.5. The van der Waals surface area contributed by atoms with Crippen LogP contribution in [0.15, 0.2) is 30.5 Å². The van der Waals surface area contributed by atoms with Gasteiger partial charge in [0.15, 0.2) is 11.5 Å². The molecule has 2 atom stereocenters. The zero-order chi connectivity index (χ0) is 18.5.